The molecular formula is C14H15ClF3N5. The van der Waals surface area contributed by atoms with Crippen LogP contribution in [0.1, 0.15) is 30.1 Å². The van der Waals surface area contributed by atoms with Crippen molar-refractivity contribution in [1.82, 2.24) is 19.7 Å². The molecule has 1 saturated heterocycles. The number of anilines is 1. The highest BCUT2D eigenvalue weighted by atomic mass is 35.5. The first-order valence-electron chi connectivity index (χ1n) is 7.18. The number of alkyl halides is 3. The van der Waals surface area contributed by atoms with Crippen LogP contribution in [0.3, 0.4) is 0 Å². The van der Waals surface area contributed by atoms with Crippen molar-refractivity contribution in [2.24, 2.45) is 7.05 Å². The number of piperidine rings is 1. The second-order valence-electron chi connectivity index (χ2n) is 5.61. The summed E-state index contributed by atoms with van der Waals surface area (Å²) in [5.74, 6) is 1.39. The molecule has 0 radical (unpaired) electrons. The molecule has 5 nitrogen and oxygen atoms in total. The van der Waals surface area contributed by atoms with E-state index in [9.17, 15) is 13.2 Å². The van der Waals surface area contributed by atoms with E-state index in [2.05, 4.69) is 15.2 Å². The van der Waals surface area contributed by atoms with Gasteiger partial charge in [-0.05, 0) is 18.9 Å². The summed E-state index contributed by atoms with van der Waals surface area (Å²) >= 11 is 6.04. The minimum Gasteiger partial charge on any atom is -0.355 e. The molecule has 3 rings (SSSR count). The summed E-state index contributed by atoms with van der Waals surface area (Å²) in [6.45, 7) is 1.30. The van der Waals surface area contributed by atoms with E-state index in [-0.39, 0.29) is 10.9 Å². The lowest BCUT2D eigenvalue weighted by Crippen LogP contribution is -2.36. The van der Waals surface area contributed by atoms with Crippen molar-refractivity contribution in [1.29, 1.82) is 0 Å². The Morgan fingerprint density at radius 3 is 2.74 bits per heavy atom. The van der Waals surface area contributed by atoms with E-state index in [1.165, 1.54) is 0 Å². The Hall–Kier alpha value is -1.83. The van der Waals surface area contributed by atoms with Crippen molar-refractivity contribution in [3.8, 4) is 0 Å². The van der Waals surface area contributed by atoms with Gasteiger partial charge in [-0.15, -0.1) is 10.2 Å². The summed E-state index contributed by atoms with van der Waals surface area (Å²) in [4.78, 5) is 5.85. The molecule has 0 aliphatic carbocycles. The maximum Gasteiger partial charge on any atom is 0.417 e. The van der Waals surface area contributed by atoms with Gasteiger partial charge in [-0.2, -0.15) is 13.2 Å². The molecule has 0 aromatic carbocycles. The highest BCUT2D eigenvalue weighted by Crippen LogP contribution is 2.35. The number of rotatable bonds is 2. The van der Waals surface area contributed by atoms with Gasteiger partial charge in [-0.25, -0.2) is 4.98 Å². The van der Waals surface area contributed by atoms with E-state index in [0.29, 0.717) is 18.9 Å². The summed E-state index contributed by atoms with van der Waals surface area (Å²) in [5.41, 5.74) is -0.840. The summed E-state index contributed by atoms with van der Waals surface area (Å²) in [6, 6.07) is 0.926. The topological polar surface area (TPSA) is 46.8 Å². The molecule has 0 N–H and O–H groups in total. The highest BCUT2D eigenvalue weighted by Gasteiger charge is 2.33. The number of aryl methyl sites for hydroxylation is 1. The third-order valence-corrected chi connectivity index (χ3v) is 4.26. The third-order valence-electron chi connectivity index (χ3n) is 3.98. The molecular weight excluding hydrogens is 331 g/mol. The quantitative estimate of drug-likeness (QED) is 0.838. The normalized spacial score (nSPS) is 19.2. The van der Waals surface area contributed by atoms with Crippen molar-refractivity contribution < 1.29 is 13.2 Å². The molecule has 2 aromatic heterocycles. The number of nitrogens with zero attached hydrogens (tertiary/aromatic N) is 5. The van der Waals surface area contributed by atoms with Crippen LogP contribution in [-0.2, 0) is 13.2 Å². The van der Waals surface area contributed by atoms with Gasteiger partial charge in [0.05, 0.1) is 10.6 Å². The molecule has 2 aromatic rings. The smallest absolute Gasteiger partial charge is 0.355 e. The van der Waals surface area contributed by atoms with Crippen LogP contribution < -0.4 is 4.90 Å². The largest absolute Gasteiger partial charge is 0.417 e. The van der Waals surface area contributed by atoms with Crippen LogP contribution in [0.5, 0.6) is 0 Å². The average molecular weight is 346 g/mol. The SMILES string of the molecule is Cn1cnnc1[C@@H]1CCCN(c2ncc(C(F)(F)F)cc2Cl)C1. The summed E-state index contributed by atoms with van der Waals surface area (Å²) < 4.78 is 40.0. The molecule has 0 amide bonds. The molecule has 3 heterocycles. The van der Waals surface area contributed by atoms with E-state index >= 15 is 0 Å². The maximum absolute atomic E-state index is 12.7. The van der Waals surface area contributed by atoms with Crippen molar-refractivity contribution in [2.45, 2.75) is 24.9 Å². The van der Waals surface area contributed by atoms with Gasteiger partial charge >= 0.3 is 6.18 Å². The molecule has 23 heavy (non-hydrogen) atoms. The van der Waals surface area contributed by atoms with Crippen LogP contribution in [-0.4, -0.2) is 32.8 Å². The maximum atomic E-state index is 12.7. The lowest BCUT2D eigenvalue weighted by molar-refractivity contribution is -0.137. The molecule has 0 saturated carbocycles. The molecule has 1 aliphatic heterocycles. The zero-order valence-electron chi connectivity index (χ0n) is 12.4. The van der Waals surface area contributed by atoms with Crippen LogP contribution in [0.4, 0.5) is 19.0 Å². The van der Waals surface area contributed by atoms with Gasteiger partial charge in [-0.1, -0.05) is 11.6 Å². The van der Waals surface area contributed by atoms with Crippen LogP contribution in [0.25, 0.3) is 0 Å². The third kappa shape index (κ3) is 3.26. The number of halogens is 4. The van der Waals surface area contributed by atoms with Gasteiger partial charge in [0.15, 0.2) is 0 Å². The molecule has 9 heteroatoms. The standard InChI is InChI=1S/C14H15ClF3N5/c1-22-8-20-21-12(22)9-3-2-4-23(7-9)13-11(15)5-10(6-19-13)14(16,17)18/h5-6,8-9H,2-4,7H2,1H3/t9-/m1/s1. The van der Waals surface area contributed by atoms with Gasteiger partial charge < -0.3 is 9.47 Å². The van der Waals surface area contributed by atoms with Crippen molar-refractivity contribution in [3.63, 3.8) is 0 Å². The number of aromatic nitrogens is 4. The fraction of sp³-hybridized carbons (Fsp3) is 0.500. The summed E-state index contributed by atoms with van der Waals surface area (Å²) in [7, 11) is 1.87. The Morgan fingerprint density at radius 2 is 2.13 bits per heavy atom. The van der Waals surface area contributed by atoms with E-state index in [4.69, 9.17) is 11.6 Å². The van der Waals surface area contributed by atoms with Gasteiger partial charge in [0, 0.05) is 32.3 Å². The zero-order valence-corrected chi connectivity index (χ0v) is 13.1. The first kappa shape index (κ1) is 16.0. The lowest BCUT2D eigenvalue weighted by Gasteiger charge is -2.33. The van der Waals surface area contributed by atoms with E-state index in [0.717, 1.165) is 30.9 Å². The van der Waals surface area contributed by atoms with Gasteiger partial charge in [0.1, 0.15) is 18.0 Å². The molecule has 0 unspecified atom stereocenters. The average Bonchev–Trinajstić information content (AvgIpc) is 2.92. The fourth-order valence-electron chi connectivity index (χ4n) is 2.86. The Bertz CT molecular complexity index is 700. The van der Waals surface area contributed by atoms with Crippen LogP contribution >= 0.6 is 11.6 Å². The van der Waals surface area contributed by atoms with Crippen molar-refractivity contribution >= 4 is 17.4 Å². The predicted molar refractivity (Wildman–Crippen MR) is 79.4 cm³/mol. The Balaban J connectivity index is 1.83. The molecule has 124 valence electrons. The Kier molecular flexibility index (Phi) is 4.18. The van der Waals surface area contributed by atoms with Gasteiger partial charge in [0.2, 0.25) is 0 Å². The number of pyridine rings is 1. The van der Waals surface area contributed by atoms with Crippen LogP contribution in [0, 0.1) is 0 Å². The van der Waals surface area contributed by atoms with E-state index in [1.54, 1.807) is 6.33 Å². The minimum atomic E-state index is -4.45. The van der Waals surface area contributed by atoms with Crippen LogP contribution in [0.15, 0.2) is 18.6 Å². The van der Waals surface area contributed by atoms with E-state index < -0.39 is 11.7 Å². The zero-order chi connectivity index (χ0) is 16.6. The van der Waals surface area contributed by atoms with Crippen molar-refractivity contribution in [2.75, 3.05) is 18.0 Å². The minimum absolute atomic E-state index is 0.0124. The monoisotopic (exact) mass is 345 g/mol. The molecule has 0 spiro atoms. The first-order valence-corrected chi connectivity index (χ1v) is 7.55. The predicted octanol–water partition coefficient (Wildman–Crippen LogP) is 3.27. The molecule has 1 aliphatic rings. The number of hydrogen-bond donors (Lipinski definition) is 0. The second kappa shape index (κ2) is 5.99. The molecule has 1 fully saturated rings. The lowest BCUT2D eigenvalue weighted by atomic mass is 9.97. The van der Waals surface area contributed by atoms with Gasteiger partial charge in [0.25, 0.3) is 0 Å². The summed E-state index contributed by atoms with van der Waals surface area (Å²) in [6.07, 6.45) is -0.152. The Morgan fingerprint density at radius 1 is 1.35 bits per heavy atom. The number of hydrogen-bond acceptors (Lipinski definition) is 4. The first-order chi connectivity index (χ1) is 10.9. The van der Waals surface area contributed by atoms with Crippen LogP contribution in [0.2, 0.25) is 5.02 Å². The molecule has 1 atom stereocenters. The fourth-order valence-corrected chi connectivity index (χ4v) is 3.15. The van der Waals surface area contributed by atoms with Crippen molar-refractivity contribution in [3.05, 3.63) is 35.0 Å². The van der Waals surface area contributed by atoms with Gasteiger partial charge in [-0.3, -0.25) is 0 Å². The van der Waals surface area contributed by atoms with E-state index in [1.807, 2.05) is 16.5 Å². The molecule has 0 bridgehead atoms. The highest BCUT2D eigenvalue weighted by molar-refractivity contribution is 6.33. The second-order valence-corrected chi connectivity index (χ2v) is 6.02. The Labute approximate surface area is 136 Å². The summed E-state index contributed by atoms with van der Waals surface area (Å²) in [5, 5.41) is 8.01.